The highest BCUT2D eigenvalue weighted by Crippen LogP contribution is 2.22. The molecular weight excluding hydrogens is 197 g/mol. The Labute approximate surface area is 78.0 Å². The molecule has 0 aliphatic rings. The zero-order chi connectivity index (χ0) is 9.46. The smallest absolute Gasteiger partial charge is 0.172 e. The maximum absolute atomic E-state index is 13.0. The standard InChI is InChI=1S/C8H9F2PS/c1-3-5(9)6(10)8(12)4(2)7(3)11/h12H,11H2,1-2H3. The van der Waals surface area contributed by atoms with E-state index in [2.05, 4.69) is 21.9 Å². The van der Waals surface area contributed by atoms with Crippen molar-refractivity contribution in [2.24, 2.45) is 0 Å². The SMILES string of the molecule is Cc1c(F)c(F)c(S)c(C)c1P. The first-order valence-corrected chi connectivity index (χ1v) is 4.41. The van der Waals surface area contributed by atoms with Crippen molar-refractivity contribution in [3.05, 3.63) is 22.8 Å². The zero-order valence-corrected chi connectivity index (χ0v) is 8.83. The zero-order valence-electron chi connectivity index (χ0n) is 6.78. The lowest BCUT2D eigenvalue weighted by atomic mass is 10.1. The van der Waals surface area contributed by atoms with Gasteiger partial charge in [-0.05, 0) is 30.3 Å². The van der Waals surface area contributed by atoms with Crippen molar-refractivity contribution in [3.8, 4) is 0 Å². The normalized spacial score (nSPS) is 10.5. The van der Waals surface area contributed by atoms with Gasteiger partial charge in [-0.15, -0.1) is 21.9 Å². The van der Waals surface area contributed by atoms with Crippen molar-refractivity contribution < 1.29 is 8.78 Å². The Morgan fingerprint density at radius 3 is 2.08 bits per heavy atom. The fourth-order valence-corrected chi connectivity index (χ4v) is 1.57. The van der Waals surface area contributed by atoms with Crippen LogP contribution in [-0.2, 0) is 0 Å². The van der Waals surface area contributed by atoms with Gasteiger partial charge in [0.1, 0.15) is 0 Å². The molecule has 0 N–H and O–H groups in total. The highest BCUT2D eigenvalue weighted by molar-refractivity contribution is 7.80. The summed E-state index contributed by atoms with van der Waals surface area (Å²) in [5, 5.41) is 0.680. The number of hydrogen-bond acceptors (Lipinski definition) is 1. The number of rotatable bonds is 0. The van der Waals surface area contributed by atoms with Gasteiger partial charge in [-0.2, -0.15) is 0 Å². The van der Waals surface area contributed by atoms with Crippen LogP contribution in [0.1, 0.15) is 11.1 Å². The van der Waals surface area contributed by atoms with Crippen molar-refractivity contribution >= 4 is 27.2 Å². The van der Waals surface area contributed by atoms with Crippen LogP contribution in [0.3, 0.4) is 0 Å². The Hall–Kier alpha value is -0.140. The van der Waals surface area contributed by atoms with Gasteiger partial charge in [0.15, 0.2) is 11.6 Å². The Balaban J connectivity index is 3.60. The third kappa shape index (κ3) is 1.36. The molecule has 12 heavy (non-hydrogen) atoms. The molecule has 0 bridgehead atoms. The molecule has 66 valence electrons. The maximum atomic E-state index is 13.0. The molecule has 0 amide bonds. The van der Waals surface area contributed by atoms with E-state index in [0.29, 0.717) is 16.4 Å². The number of benzene rings is 1. The van der Waals surface area contributed by atoms with Crippen molar-refractivity contribution in [1.82, 2.24) is 0 Å². The summed E-state index contributed by atoms with van der Waals surface area (Å²) in [5.74, 6) is -1.67. The molecule has 0 spiro atoms. The van der Waals surface area contributed by atoms with E-state index in [1.807, 2.05) is 0 Å². The van der Waals surface area contributed by atoms with E-state index >= 15 is 0 Å². The van der Waals surface area contributed by atoms with Gasteiger partial charge in [0, 0.05) is 4.90 Å². The fourth-order valence-electron chi connectivity index (χ4n) is 0.960. The first-order chi connectivity index (χ1) is 5.46. The molecule has 1 aromatic carbocycles. The Morgan fingerprint density at radius 1 is 1.08 bits per heavy atom. The van der Waals surface area contributed by atoms with Gasteiger partial charge >= 0.3 is 0 Å². The Bertz CT molecular complexity index is 231. The summed E-state index contributed by atoms with van der Waals surface area (Å²) in [6, 6.07) is 0. The molecule has 0 aromatic heterocycles. The molecular formula is C8H9F2PS. The van der Waals surface area contributed by atoms with Crippen LogP contribution in [0.25, 0.3) is 0 Å². The van der Waals surface area contributed by atoms with Crippen LogP contribution in [0.15, 0.2) is 4.90 Å². The molecule has 0 fully saturated rings. The van der Waals surface area contributed by atoms with E-state index in [-0.39, 0.29) is 4.90 Å². The molecule has 0 heterocycles. The van der Waals surface area contributed by atoms with Crippen LogP contribution < -0.4 is 5.30 Å². The van der Waals surface area contributed by atoms with Gasteiger partial charge in [-0.25, -0.2) is 8.78 Å². The summed E-state index contributed by atoms with van der Waals surface area (Å²) in [5.41, 5.74) is 0.993. The topological polar surface area (TPSA) is 0 Å². The third-order valence-corrected chi connectivity index (χ3v) is 3.29. The highest BCUT2D eigenvalue weighted by atomic mass is 32.1. The summed E-state index contributed by atoms with van der Waals surface area (Å²) in [6.45, 7) is 3.25. The largest absolute Gasteiger partial charge is 0.203 e. The number of hydrogen-bond donors (Lipinski definition) is 1. The minimum absolute atomic E-state index is 0.0862. The maximum Gasteiger partial charge on any atom is 0.172 e. The van der Waals surface area contributed by atoms with Crippen molar-refractivity contribution in [3.63, 3.8) is 0 Å². The molecule has 4 heteroatoms. The average Bonchev–Trinajstić information content (AvgIpc) is 2.08. The van der Waals surface area contributed by atoms with Gasteiger partial charge in [-0.3, -0.25) is 0 Å². The van der Waals surface area contributed by atoms with Crippen molar-refractivity contribution in [2.45, 2.75) is 18.7 Å². The number of halogens is 2. The van der Waals surface area contributed by atoms with Crippen LogP contribution in [0.4, 0.5) is 8.78 Å². The third-order valence-electron chi connectivity index (χ3n) is 1.89. The monoisotopic (exact) mass is 206 g/mol. The van der Waals surface area contributed by atoms with Gasteiger partial charge in [0.05, 0.1) is 0 Å². The van der Waals surface area contributed by atoms with Crippen LogP contribution in [0.5, 0.6) is 0 Å². The molecule has 1 unspecified atom stereocenters. The van der Waals surface area contributed by atoms with Crippen LogP contribution >= 0.6 is 21.9 Å². The van der Waals surface area contributed by atoms with Gasteiger partial charge in [0.2, 0.25) is 0 Å². The quantitative estimate of drug-likeness (QED) is 0.489. The van der Waals surface area contributed by atoms with Crippen LogP contribution in [0, 0.1) is 25.5 Å². The Morgan fingerprint density at radius 2 is 1.58 bits per heavy atom. The van der Waals surface area contributed by atoms with E-state index in [4.69, 9.17) is 0 Å². The molecule has 0 aliphatic heterocycles. The second-order valence-electron chi connectivity index (χ2n) is 2.64. The lowest BCUT2D eigenvalue weighted by Gasteiger charge is -2.09. The van der Waals surface area contributed by atoms with Gasteiger partial charge in [0.25, 0.3) is 0 Å². The fraction of sp³-hybridized carbons (Fsp3) is 0.250. The summed E-state index contributed by atoms with van der Waals surface area (Å²) >= 11 is 3.87. The van der Waals surface area contributed by atoms with E-state index in [9.17, 15) is 8.78 Å². The van der Waals surface area contributed by atoms with Crippen molar-refractivity contribution in [2.75, 3.05) is 0 Å². The second kappa shape index (κ2) is 3.31. The predicted octanol–water partition coefficient (Wildman–Crippen LogP) is 2.37. The van der Waals surface area contributed by atoms with Gasteiger partial charge in [-0.1, -0.05) is 0 Å². The number of thiol groups is 1. The summed E-state index contributed by atoms with van der Waals surface area (Å²) in [7, 11) is 2.38. The van der Waals surface area contributed by atoms with Gasteiger partial charge < -0.3 is 0 Å². The second-order valence-corrected chi connectivity index (χ2v) is 3.66. The molecule has 0 saturated carbocycles. The molecule has 1 aromatic rings. The molecule has 1 atom stereocenters. The van der Waals surface area contributed by atoms with Crippen LogP contribution in [-0.4, -0.2) is 0 Å². The van der Waals surface area contributed by atoms with E-state index in [1.165, 1.54) is 0 Å². The average molecular weight is 206 g/mol. The first kappa shape index (κ1) is 9.94. The minimum atomic E-state index is -0.862. The molecule has 0 aliphatic carbocycles. The summed E-state index contributed by atoms with van der Waals surface area (Å²) in [4.78, 5) is 0.0862. The first-order valence-electron chi connectivity index (χ1n) is 3.39. The molecule has 0 radical (unpaired) electrons. The minimum Gasteiger partial charge on any atom is -0.203 e. The molecule has 0 saturated heterocycles. The van der Waals surface area contributed by atoms with E-state index in [1.54, 1.807) is 13.8 Å². The lowest BCUT2D eigenvalue weighted by molar-refractivity contribution is 0.486. The van der Waals surface area contributed by atoms with Crippen LogP contribution in [0.2, 0.25) is 0 Å². The lowest BCUT2D eigenvalue weighted by Crippen LogP contribution is -2.09. The molecule has 0 nitrogen and oxygen atoms in total. The predicted molar refractivity (Wildman–Crippen MR) is 52.4 cm³/mol. The molecule has 1 rings (SSSR count). The Kier molecular flexibility index (Phi) is 2.74. The van der Waals surface area contributed by atoms with E-state index < -0.39 is 11.6 Å². The summed E-state index contributed by atoms with van der Waals surface area (Å²) in [6.07, 6.45) is 0. The van der Waals surface area contributed by atoms with Crippen molar-refractivity contribution in [1.29, 1.82) is 0 Å². The van der Waals surface area contributed by atoms with E-state index in [0.717, 1.165) is 0 Å². The summed E-state index contributed by atoms with van der Waals surface area (Å²) < 4.78 is 26.0. The highest BCUT2D eigenvalue weighted by Gasteiger charge is 2.14.